The zero-order valence-electron chi connectivity index (χ0n) is 21.4. The molecule has 2 aromatic heterocycles. The Morgan fingerprint density at radius 3 is 2.53 bits per heavy atom. The molecule has 4 rings (SSSR count). The summed E-state index contributed by atoms with van der Waals surface area (Å²) in [6, 6.07) is 8.03. The fourth-order valence-electron chi connectivity index (χ4n) is 4.22. The van der Waals surface area contributed by atoms with E-state index in [2.05, 4.69) is 10.1 Å². The van der Waals surface area contributed by atoms with Crippen LogP contribution in [0.5, 0.6) is 0 Å². The number of amides is 2. The van der Waals surface area contributed by atoms with E-state index in [4.69, 9.17) is 15.5 Å². The van der Waals surface area contributed by atoms with Crippen molar-refractivity contribution in [3.63, 3.8) is 0 Å². The molecule has 0 unspecified atom stereocenters. The quantitative estimate of drug-likeness (QED) is 0.518. The first-order valence-corrected chi connectivity index (χ1v) is 12.2. The average molecular weight is 491 g/mol. The summed E-state index contributed by atoms with van der Waals surface area (Å²) in [6.07, 6.45) is 7.75. The highest BCUT2D eigenvalue weighted by Crippen LogP contribution is 2.24. The van der Waals surface area contributed by atoms with Gasteiger partial charge in [0.2, 0.25) is 5.91 Å². The minimum absolute atomic E-state index is 0.140. The molecular formula is C27H34N6O3. The van der Waals surface area contributed by atoms with E-state index >= 15 is 0 Å². The molecule has 1 aromatic carbocycles. The van der Waals surface area contributed by atoms with Crippen molar-refractivity contribution in [3.8, 4) is 0 Å². The fourth-order valence-corrected chi connectivity index (χ4v) is 4.22. The summed E-state index contributed by atoms with van der Waals surface area (Å²) in [5, 5.41) is 4.50. The molecule has 3 aromatic rings. The van der Waals surface area contributed by atoms with Gasteiger partial charge in [0.1, 0.15) is 11.4 Å². The van der Waals surface area contributed by atoms with Crippen LogP contribution in [0.25, 0.3) is 0 Å². The number of nitrogens with zero attached hydrogens (tertiary/aromatic N) is 5. The highest BCUT2D eigenvalue weighted by atomic mass is 16.6. The van der Waals surface area contributed by atoms with Crippen LogP contribution in [-0.2, 0) is 35.2 Å². The van der Waals surface area contributed by atoms with E-state index in [1.165, 1.54) is 0 Å². The normalized spacial score (nSPS) is 13.9. The van der Waals surface area contributed by atoms with Crippen LogP contribution in [0.15, 0.2) is 42.9 Å². The lowest BCUT2D eigenvalue weighted by atomic mass is 9.98. The molecule has 1 aliphatic heterocycles. The molecule has 9 heteroatoms. The topological polar surface area (TPSA) is 116 Å². The van der Waals surface area contributed by atoms with Crippen molar-refractivity contribution in [2.75, 3.05) is 13.1 Å². The van der Waals surface area contributed by atoms with Gasteiger partial charge in [0.25, 0.3) is 0 Å². The van der Waals surface area contributed by atoms with E-state index in [0.29, 0.717) is 19.5 Å². The largest absolute Gasteiger partial charge is 0.444 e. The molecule has 190 valence electrons. The van der Waals surface area contributed by atoms with Crippen LogP contribution in [-0.4, -0.2) is 55.3 Å². The first-order valence-electron chi connectivity index (χ1n) is 12.2. The summed E-state index contributed by atoms with van der Waals surface area (Å²) in [5.74, 6) is 0.410. The Hall–Kier alpha value is -3.75. The molecule has 0 saturated carbocycles. The second-order valence-corrected chi connectivity index (χ2v) is 10.4. The van der Waals surface area contributed by atoms with E-state index in [-0.39, 0.29) is 24.5 Å². The number of aromatic nitrogens is 4. The smallest absolute Gasteiger partial charge is 0.410 e. The SMILES string of the molecule is Cc1cnc(Cc2cnn(C3CN(C(=O)OC(C)(C)C)C3)c2)nc1CCc1ccccc1CC(N)=O. The molecule has 1 fully saturated rings. The molecule has 3 heterocycles. The van der Waals surface area contributed by atoms with Gasteiger partial charge in [-0.15, -0.1) is 0 Å². The number of rotatable bonds is 8. The van der Waals surface area contributed by atoms with Crippen LogP contribution in [0, 0.1) is 6.92 Å². The number of primary amides is 1. The summed E-state index contributed by atoms with van der Waals surface area (Å²) in [5.41, 5.74) is 10.0. The van der Waals surface area contributed by atoms with Crippen molar-refractivity contribution in [3.05, 3.63) is 76.6 Å². The summed E-state index contributed by atoms with van der Waals surface area (Å²) in [4.78, 5) is 34.6. The molecule has 1 aliphatic rings. The monoisotopic (exact) mass is 490 g/mol. The Morgan fingerprint density at radius 2 is 1.83 bits per heavy atom. The van der Waals surface area contributed by atoms with Crippen molar-refractivity contribution >= 4 is 12.0 Å². The zero-order valence-corrected chi connectivity index (χ0v) is 21.4. The van der Waals surface area contributed by atoms with Gasteiger partial charge in [0, 0.05) is 37.6 Å². The summed E-state index contributed by atoms with van der Waals surface area (Å²) in [7, 11) is 0. The first-order chi connectivity index (χ1) is 17.1. The van der Waals surface area contributed by atoms with Gasteiger partial charge in [-0.3, -0.25) is 9.48 Å². The van der Waals surface area contributed by atoms with E-state index in [9.17, 15) is 9.59 Å². The third-order valence-electron chi connectivity index (χ3n) is 6.15. The standard InChI is InChI=1S/C27H34N6O3/c1-18-13-29-25(31-23(18)10-9-20-7-5-6-8-21(20)12-24(28)34)11-19-14-30-33(15-19)22-16-32(17-22)26(35)36-27(2,3)4/h5-8,13-15,22H,9-12,16-17H2,1-4H3,(H2,28,34). The van der Waals surface area contributed by atoms with E-state index in [1.54, 1.807) is 4.90 Å². The van der Waals surface area contributed by atoms with Gasteiger partial charge in [0.15, 0.2) is 0 Å². The van der Waals surface area contributed by atoms with Crippen molar-refractivity contribution in [2.24, 2.45) is 5.73 Å². The number of carbonyl (C=O) groups is 2. The fraction of sp³-hybridized carbons (Fsp3) is 0.444. The van der Waals surface area contributed by atoms with Crippen LogP contribution in [0.1, 0.15) is 60.6 Å². The first kappa shape index (κ1) is 25.3. The number of likely N-dealkylation sites (tertiary alicyclic amines) is 1. The predicted molar refractivity (Wildman–Crippen MR) is 135 cm³/mol. The molecule has 9 nitrogen and oxygen atoms in total. The highest BCUT2D eigenvalue weighted by molar-refractivity contribution is 5.77. The Labute approximate surface area is 211 Å². The number of benzene rings is 1. The molecular weight excluding hydrogens is 456 g/mol. The van der Waals surface area contributed by atoms with Crippen molar-refractivity contribution in [1.29, 1.82) is 0 Å². The molecule has 0 bridgehead atoms. The molecule has 36 heavy (non-hydrogen) atoms. The molecule has 1 saturated heterocycles. The number of hydrogen-bond donors (Lipinski definition) is 1. The lowest BCUT2D eigenvalue weighted by Crippen LogP contribution is -2.52. The Kier molecular flexibility index (Phi) is 7.37. The van der Waals surface area contributed by atoms with Gasteiger partial charge < -0.3 is 15.4 Å². The van der Waals surface area contributed by atoms with Crippen LogP contribution in [0.2, 0.25) is 0 Å². The van der Waals surface area contributed by atoms with Crippen molar-refractivity contribution in [1.82, 2.24) is 24.6 Å². The summed E-state index contributed by atoms with van der Waals surface area (Å²) < 4.78 is 7.33. The van der Waals surface area contributed by atoms with Gasteiger partial charge in [-0.05, 0) is 62.8 Å². The van der Waals surface area contributed by atoms with Gasteiger partial charge in [-0.1, -0.05) is 24.3 Å². The van der Waals surface area contributed by atoms with E-state index < -0.39 is 5.60 Å². The van der Waals surface area contributed by atoms with Gasteiger partial charge >= 0.3 is 6.09 Å². The Morgan fingerprint density at radius 1 is 1.11 bits per heavy atom. The highest BCUT2D eigenvalue weighted by Gasteiger charge is 2.35. The number of hydrogen-bond acceptors (Lipinski definition) is 6. The maximum Gasteiger partial charge on any atom is 0.410 e. The summed E-state index contributed by atoms with van der Waals surface area (Å²) >= 11 is 0. The molecule has 0 aliphatic carbocycles. The van der Waals surface area contributed by atoms with Gasteiger partial charge in [-0.2, -0.15) is 5.10 Å². The third-order valence-corrected chi connectivity index (χ3v) is 6.15. The van der Waals surface area contributed by atoms with Crippen molar-refractivity contribution < 1.29 is 14.3 Å². The van der Waals surface area contributed by atoms with E-state index in [1.807, 2.05) is 75.2 Å². The minimum Gasteiger partial charge on any atom is -0.444 e. The summed E-state index contributed by atoms with van der Waals surface area (Å²) in [6.45, 7) is 8.77. The van der Waals surface area contributed by atoms with Crippen LogP contribution >= 0.6 is 0 Å². The second-order valence-electron chi connectivity index (χ2n) is 10.4. The third kappa shape index (κ3) is 6.47. The molecule has 2 N–H and O–H groups in total. The molecule has 0 atom stereocenters. The lowest BCUT2D eigenvalue weighted by Gasteiger charge is -2.39. The van der Waals surface area contributed by atoms with Crippen LogP contribution < -0.4 is 5.73 Å². The van der Waals surface area contributed by atoms with E-state index in [0.717, 1.165) is 46.6 Å². The predicted octanol–water partition coefficient (Wildman–Crippen LogP) is 3.18. The Balaban J connectivity index is 1.35. The van der Waals surface area contributed by atoms with Crippen molar-refractivity contribution in [2.45, 2.75) is 65.0 Å². The van der Waals surface area contributed by atoms with Crippen LogP contribution in [0.4, 0.5) is 4.79 Å². The second kappa shape index (κ2) is 10.5. The number of aryl methyl sites for hydroxylation is 3. The minimum atomic E-state index is -0.499. The molecule has 0 radical (unpaired) electrons. The maximum atomic E-state index is 12.2. The Bertz CT molecular complexity index is 1240. The zero-order chi connectivity index (χ0) is 25.9. The number of carbonyl (C=O) groups excluding carboxylic acids is 2. The molecule has 0 spiro atoms. The lowest BCUT2D eigenvalue weighted by molar-refractivity contribution is -0.117. The van der Waals surface area contributed by atoms with Gasteiger partial charge in [0.05, 0.1) is 18.7 Å². The average Bonchev–Trinajstić information content (AvgIpc) is 3.20. The molecule has 2 amide bonds. The number of nitrogens with two attached hydrogens (primary N) is 1. The number of ether oxygens (including phenoxy) is 1. The maximum absolute atomic E-state index is 12.2. The van der Waals surface area contributed by atoms with Crippen LogP contribution in [0.3, 0.4) is 0 Å². The van der Waals surface area contributed by atoms with Gasteiger partial charge in [-0.25, -0.2) is 14.8 Å².